The molecule has 104 valence electrons. The molecule has 1 aromatic rings. The van der Waals surface area contributed by atoms with E-state index in [0.717, 1.165) is 12.8 Å². The lowest BCUT2D eigenvalue weighted by Crippen LogP contribution is -2.48. The van der Waals surface area contributed by atoms with E-state index in [-0.39, 0.29) is 11.8 Å². The van der Waals surface area contributed by atoms with Gasteiger partial charge in [0.05, 0.1) is 6.33 Å². The van der Waals surface area contributed by atoms with E-state index in [2.05, 4.69) is 27.5 Å². The molecule has 1 atom stereocenters. The third-order valence-corrected chi connectivity index (χ3v) is 3.36. The predicted octanol–water partition coefficient (Wildman–Crippen LogP) is 0.505. The molecule has 0 radical (unpaired) electrons. The van der Waals surface area contributed by atoms with Crippen LogP contribution in [0.15, 0.2) is 12.5 Å². The average molecular weight is 266 g/mol. The van der Waals surface area contributed by atoms with Crippen LogP contribution in [-0.2, 0) is 11.2 Å². The summed E-state index contributed by atoms with van der Waals surface area (Å²) in [5, 5.41) is 14.3. The zero-order valence-electron chi connectivity index (χ0n) is 10.8. The summed E-state index contributed by atoms with van der Waals surface area (Å²) in [5.41, 5.74) is 0.862. The largest absolute Gasteiger partial charge is 0.480 e. The molecular formula is C12H18N4O3. The van der Waals surface area contributed by atoms with Gasteiger partial charge in [0, 0.05) is 24.9 Å². The van der Waals surface area contributed by atoms with Crippen LogP contribution in [0.3, 0.4) is 0 Å². The number of H-pyrrole nitrogens is 1. The quantitative estimate of drug-likeness (QED) is 0.601. The van der Waals surface area contributed by atoms with E-state index in [1.165, 1.54) is 6.33 Å². The number of carbonyl (C=O) groups excluding carboxylic acids is 1. The molecule has 1 aliphatic carbocycles. The van der Waals surface area contributed by atoms with Gasteiger partial charge in [-0.2, -0.15) is 0 Å². The highest BCUT2D eigenvalue weighted by atomic mass is 16.4. The summed E-state index contributed by atoms with van der Waals surface area (Å²) < 4.78 is 0. The fraction of sp³-hybridized carbons (Fsp3) is 0.583. The minimum absolute atomic E-state index is 0.181. The van der Waals surface area contributed by atoms with Crippen molar-refractivity contribution in [3.05, 3.63) is 18.2 Å². The van der Waals surface area contributed by atoms with Crippen LogP contribution in [0.1, 0.15) is 25.5 Å². The molecular weight excluding hydrogens is 248 g/mol. The molecule has 1 heterocycles. The Bertz CT molecular complexity index is 454. The van der Waals surface area contributed by atoms with Gasteiger partial charge in [-0.05, 0) is 18.3 Å². The van der Waals surface area contributed by atoms with Crippen LogP contribution >= 0.6 is 0 Å². The van der Waals surface area contributed by atoms with E-state index in [9.17, 15) is 9.59 Å². The number of carboxylic acids is 1. The Morgan fingerprint density at radius 3 is 2.84 bits per heavy atom. The lowest BCUT2D eigenvalue weighted by Gasteiger charge is -2.16. The summed E-state index contributed by atoms with van der Waals surface area (Å²) in [6.45, 7) is 2.67. The molecule has 0 aromatic carbocycles. The molecule has 1 aromatic heterocycles. The SMILES string of the molecule is CC1(CNC(=O)N[C@H](Cc2cnc[nH]2)C(=O)O)CC1. The van der Waals surface area contributed by atoms with E-state index in [0.29, 0.717) is 12.2 Å². The molecule has 7 nitrogen and oxygen atoms in total. The van der Waals surface area contributed by atoms with Crippen LogP contribution in [0.2, 0.25) is 0 Å². The number of aromatic amines is 1. The minimum atomic E-state index is -1.07. The molecule has 1 fully saturated rings. The maximum atomic E-state index is 11.6. The van der Waals surface area contributed by atoms with Gasteiger partial charge in [0.1, 0.15) is 6.04 Å². The number of carbonyl (C=O) groups is 2. The zero-order chi connectivity index (χ0) is 13.9. The fourth-order valence-corrected chi connectivity index (χ4v) is 1.71. The first-order valence-corrected chi connectivity index (χ1v) is 6.23. The van der Waals surface area contributed by atoms with Crippen molar-refractivity contribution in [1.29, 1.82) is 0 Å². The molecule has 7 heteroatoms. The Morgan fingerprint density at radius 1 is 1.58 bits per heavy atom. The van der Waals surface area contributed by atoms with Crippen molar-refractivity contribution in [2.75, 3.05) is 6.54 Å². The van der Waals surface area contributed by atoms with Crippen LogP contribution < -0.4 is 10.6 Å². The lowest BCUT2D eigenvalue weighted by atomic mass is 10.1. The molecule has 2 rings (SSSR count). The smallest absolute Gasteiger partial charge is 0.326 e. The number of hydrogen-bond acceptors (Lipinski definition) is 3. The van der Waals surface area contributed by atoms with Crippen molar-refractivity contribution in [2.45, 2.75) is 32.2 Å². The van der Waals surface area contributed by atoms with Gasteiger partial charge in [-0.3, -0.25) is 0 Å². The van der Waals surface area contributed by atoms with Gasteiger partial charge in [-0.15, -0.1) is 0 Å². The van der Waals surface area contributed by atoms with Crippen molar-refractivity contribution < 1.29 is 14.7 Å². The van der Waals surface area contributed by atoms with E-state index in [1.807, 2.05) is 0 Å². The van der Waals surface area contributed by atoms with Crippen LogP contribution in [-0.4, -0.2) is 39.7 Å². The molecule has 0 aliphatic heterocycles. The maximum Gasteiger partial charge on any atom is 0.326 e. The Morgan fingerprint density at radius 2 is 2.32 bits per heavy atom. The van der Waals surface area contributed by atoms with E-state index >= 15 is 0 Å². The molecule has 1 aliphatic rings. The van der Waals surface area contributed by atoms with Gasteiger partial charge in [0.15, 0.2) is 0 Å². The van der Waals surface area contributed by atoms with Crippen LogP contribution in [0.25, 0.3) is 0 Å². The number of urea groups is 1. The van der Waals surface area contributed by atoms with Gasteiger partial charge in [-0.1, -0.05) is 6.92 Å². The maximum absolute atomic E-state index is 11.6. The topological polar surface area (TPSA) is 107 Å². The fourth-order valence-electron chi connectivity index (χ4n) is 1.71. The monoisotopic (exact) mass is 266 g/mol. The lowest BCUT2D eigenvalue weighted by molar-refractivity contribution is -0.139. The Hall–Kier alpha value is -2.05. The van der Waals surface area contributed by atoms with Crippen LogP contribution in [0.5, 0.6) is 0 Å². The summed E-state index contributed by atoms with van der Waals surface area (Å²) in [5.74, 6) is -1.07. The van der Waals surface area contributed by atoms with Gasteiger partial charge in [0.25, 0.3) is 0 Å². The number of amides is 2. The molecule has 0 unspecified atom stereocenters. The Balaban J connectivity index is 1.82. The highest BCUT2D eigenvalue weighted by Crippen LogP contribution is 2.43. The number of nitrogens with one attached hydrogen (secondary N) is 3. The Kier molecular flexibility index (Phi) is 3.73. The Labute approximate surface area is 110 Å². The van der Waals surface area contributed by atoms with Crippen molar-refractivity contribution in [3.63, 3.8) is 0 Å². The first kappa shape index (κ1) is 13.4. The summed E-state index contributed by atoms with van der Waals surface area (Å²) in [7, 11) is 0. The normalized spacial score (nSPS) is 17.5. The zero-order valence-corrected chi connectivity index (χ0v) is 10.8. The molecule has 1 saturated carbocycles. The van der Waals surface area contributed by atoms with Crippen LogP contribution in [0.4, 0.5) is 4.79 Å². The van der Waals surface area contributed by atoms with Crippen molar-refractivity contribution in [3.8, 4) is 0 Å². The average Bonchev–Trinajstić information content (AvgIpc) is 2.88. The molecule has 2 amide bonds. The number of carboxylic acid groups (broad SMARTS) is 1. The second-order valence-corrected chi connectivity index (χ2v) is 5.31. The highest BCUT2D eigenvalue weighted by Gasteiger charge is 2.37. The third kappa shape index (κ3) is 3.97. The number of aliphatic carboxylic acids is 1. The number of aromatic nitrogens is 2. The molecule has 4 N–H and O–H groups in total. The summed E-state index contributed by atoms with van der Waals surface area (Å²) in [6, 6.07) is -1.41. The third-order valence-electron chi connectivity index (χ3n) is 3.36. The standard InChI is InChI=1S/C12H18N4O3/c1-12(2-3-12)6-14-11(19)16-9(10(17)18)4-8-5-13-7-15-8/h5,7,9H,2-4,6H2,1H3,(H,13,15)(H,17,18)(H2,14,16,19)/t9-/m1/s1. The second kappa shape index (κ2) is 5.29. The number of rotatable bonds is 6. The van der Waals surface area contributed by atoms with Gasteiger partial charge >= 0.3 is 12.0 Å². The summed E-state index contributed by atoms with van der Waals surface area (Å²) >= 11 is 0. The van der Waals surface area contributed by atoms with Crippen LogP contribution in [0, 0.1) is 5.41 Å². The van der Waals surface area contributed by atoms with Crippen molar-refractivity contribution >= 4 is 12.0 Å². The first-order chi connectivity index (χ1) is 8.98. The van der Waals surface area contributed by atoms with E-state index in [1.54, 1.807) is 6.20 Å². The number of imidazole rings is 1. The van der Waals surface area contributed by atoms with Crippen molar-refractivity contribution in [2.24, 2.45) is 5.41 Å². The second-order valence-electron chi connectivity index (χ2n) is 5.31. The minimum Gasteiger partial charge on any atom is -0.480 e. The van der Waals surface area contributed by atoms with Crippen molar-refractivity contribution in [1.82, 2.24) is 20.6 Å². The van der Waals surface area contributed by atoms with Gasteiger partial charge < -0.3 is 20.7 Å². The predicted molar refractivity (Wildman–Crippen MR) is 67.6 cm³/mol. The number of hydrogen-bond donors (Lipinski definition) is 4. The molecule has 19 heavy (non-hydrogen) atoms. The summed E-state index contributed by atoms with van der Waals surface area (Å²) in [6.07, 6.45) is 5.40. The van der Waals surface area contributed by atoms with Gasteiger partial charge in [0.2, 0.25) is 0 Å². The van der Waals surface area contributed by atoms with E-state index < -0.39 is 18.0 Å². The first-order valence-electron chi connectivity index (χ1n) is 6.23. The van der Waals surface area contributed by atoms with E-state index in [4.69, 9.17) is 5.11 Å². The molecule has 0 spiro atoms. The summed E-state index contributed by atoms with van der Waals surface area (Å²) in [4.78, 5) is 29.4. The highest BCUT2D eigenvalue weighted by molar-refractivity contribution is 5.82. The molecule has 0 saturated heterocycles. The molecule has 0 bridgehead atoms. The number of nitrogens with zero attached hydrogens (tertiary/aromatic N) is 1. The van der Waals surface area contributed by atoms with Gasteiger partial charge in [-0.25, -0.2) is 14.6 Å².